The van der Waals surface area contributed by atoms with E-state index in [1.807, 2.05) is 20.8 Å². The summed E-state index contributed by atoms with van der Waals surface area (Å²) < 4.78 is 44.7. The van der Waals surface area contributed by atoms with Crippen molar-refractivity contribution in [1.82, 2.24) is 5.43 Å². The van der Waals surface area contributed by atoms with E-state index in [-0.39, 0.29) is 21.4 Å². The Hall–Kier alpha value is -3.76. The van der Waals surface area contributed by atoms with Gasteiger partial charge in [-0.1, -0.05) is 29.3 Å². The molecule has 0 aromatic heterocycles. The fourth-order valence-electron chi connectivity index (χ4n) is 3.49. The van der Waals surface area contributed by atoms with Gasteiger partial charge in [-0.3, -0.25) is 9.10 Å². The number of ether oxygens (including phenoxy) is 3. The first-order valence-electron chi connectivity index (χ1n) is 11.8. The first kappa shape index (κ1) is 28.8. The molecule has 0 bridgehead atoms. The number of carbonyl (C=O) groups excluding carboxylic acids is 1. The summed E-state index contributed by atoms with van der Waals surface area (Å²) in [7, 11) is -2.76. The summed E-state index contributed by atoms with van der Waals surface area (Å²) in [6.07, 6.45) is 1.43. The molecule has 3 aromatic rings. The average molecular weight is 560 g/mol. The molecule has 0 radical (unpaired) electrons. The topological polar surface area (TPSA) is 107 Å². The number of halogens is 1. The molecule has 0 aliphatic rings. The van der Waals surface area contributed by atoms with Gasteiger partial charge >= 0.3 is 0 Å². The Morgan fingerprint density at radius 2 is 1.63 bits per heavy atom. The lowest BCUT2D eigenvalue weighted by atomic mass is 10.2. The molecular weight excluding hydrogens is 530 g/mol. The van der Waals surface area contributed by atoms with Gasteiger partial charge in [0.15, 0.2) is 11.5 Å². The number of methoxy groups -OCH3 is 1. The van der Waals surface area contributed by atoms with Crippen molar-refractivity contribution in [2.45, 2.75) is 25.7 Å². The summed E-state index contributed by atoms with van der Waals surface area (Å²) in [6.45, 7) is 5.96. The van der Waals surface area contributed by atoms with E-state index in [2.05, 4.69) is 10.5 Å². The average Bonchev–Trinajstić information content (AvgIpc) is 2.89. The van der Waals surface area contributed by atoms with Crippen LogP contribution in [-0.2, 0) is 14.8 Å². The number of benzene rings is 3. The third-order valence-electron chi connectivity index (χ3n) is 5.28. The molecule has 0 spiro atoms. The van der Waals surface area contributed by atoms with Crippen molar-refractivity contribution in [3.8, 4) is 17.2 Å². The Morgan fingerprint density at radius 3 is 2.29 bits per heavy atom. The summed E-state index contributed by atoms with van der Waals surface area (Å²) >= 11 is 6.17. The number of nitrogens with one attached hydrogen (secondary N) is 1. The van der Waals surface area contributed by atoms with Crippen molar-refractivity contribution < 1.29 is 27.4 Å². The number of carbonyl (C=O) groups is 1. The zero-order chi connectivity index (χ0) is 27.7. The van der Waals surface area contributed by atoms with Crippen LogP contribution in [-0.4, -0.2) is 47.4 Å². The molecule has 0 unspecified atom stereocenters. The second kappa shape index (κ2) is 13.2. The Bertz CT molecular complexity index is 1390. The monoisotopic (exact) mass is 559 g/mol. The smallest absolute Gasteiger partial charge is 0.264 e. The van der Waals surface area contributed by atoms with Crippen LogP contribution < -0.4 is 23.9 Å². The van der Waals surface area contributed by atoms with Crippen LogP contribution >= 0.6 is 11.6 Å². The van der Waals surface area contributed by atoms with E-state index in [1.165, 1.54) is 37.6 Å². The number of nitrogens with zero attached hydrogens (tertiary/aromatic N) is 2. The Morgan fingerprint density at radius 1 is 0.974 bits per heavy atom. The normalized spacial score (nSPS) is 11.3. The molecule has 0 saturated carbocycles. The molecule has 202 valence electrons. The summed E-state index contributed by atoms with van der Waals surface area (Å²) in [5.41, 5.74) is 4.05. The predicted molar refractivity (Wildman–Crippen MR) is 148 cm³/mol. The van der Waals surface area contributed by atoms with Crippen LogP contribution in [0.15, 0.2) is 70.7 Å². The van der Waals surface area contributed by atoms with Gasteiger partial charge in [0.05, 0.1) is 37.1 Å². The van der Waals surface area contributed by atoms with Crippen LogP contribution in [0.1, 0.15) is 25.0 Å². The number of rotatable bonds is 12. The molecule has 0 aliphatic heterocycles. The molecule has 0 heterocycles. The second-order valence-electron chi connectivity index (χ2n) is 8.01. The molecule has 11 heteroatoms. The standard InChI is InChI=1S/C27H30ClN3O6S/c1-5-36-25-13-9-20(15-26(25)37-6-2)17-29-30-27(32)18-31(23-16-21(28)10-14-24(23)35-4)38(33,34)22-11-7-19(3)8-12-22/h7-17H,5-6,18H2,1-4H3,(H,30,32)/b29-17-. The zero-order valence-corrected chi connectivity index (χ0v) is 23.2. The number of hydrogen-bond donors (Lipinski definition) is 1. The van der Waals surface area contributed by atoms with Gasteiger partial charge < -0.3 is 14.2 Å². The summed E-state index contributed by atoms with van der Waals surface area (Å²) in [5.74, 6) is 0.713. The van der Waals surface area contributed by atoms with Gasteiger partial charge in [-0.2, -0.15) is 5.10 Å². The quantitative estimate of drug-likeness (QED) is 0.252. The first-order valence-corrected chi connectivity index (χ1v) is 13.7. The minimum Gasteiger partial charge on any atom is -0.495 e. The summed E-state index contributed by atoms with van der Waals surface area (Å²) in [6, 6.07) is 16.1. The maximum atomic E-state index is 13.6. The minimum absolute atomic E-state index is 0.0132. The molecule has 9 nitrogen and oxygen atoms in total. The maximum absolute atomic E-state index is 13.6. The van der Waals surface area contributed by atoms with E-state index >= 15 is 0 Å². The van der Waals surface area contributed by atoms with Crippen molar-refractivity contribution in [3.05, 3.63) is 76.8 Å². The maximum Gasteiger partial charge on any atom is 0.264 e. The molecule has 1 N–H and O–H groups in total. The lowest BCUT2D eigenvalue weighted by Gasteiger charge is -2.25. The highest BCUT2D eigenvalue weighted by Crippen LogP contribution is 2.35. The van der Waals surface area contributed by atoms with E-state index in [4.69, 9.17) is 25.8 Å². The molecule has 0 atom stereocenters. The van der Waals surface area contributed by atoms with Crippen LogP contribution in [0.3, 0.4) is 0 Å². The van der Waals surface area contributed by atoms with Crippen LogP contribution in [0.5, 0.6) is 17.2 Å². The number of anilines is 1. The van der Waals surface area contributed by atoms with E-state index in [9.17, 15) is 13.2 Å². The fraction of sp³-hybridized carbons (Fsp3) is 0.259. The number of sulfonamides is 1. The van der Waals surface area contributed by atoms with Gasteiger partial charge in [0, 0.05) is 5.02 Å². The molecule has 1 amide bonds. The number of aryl methyl sites for hydroxylation is 1. The fourth-order valence-corrected chi connectivity index (χ4v) is 5.08. The molecule has 0 fully saturated rings. The van der Waals surface area contributed by atoms with Crippen molar-refractivity contribution in [2.24, 2.45) is 5.10 Å². The largest absolute Gasteiger partial charge is 0.495 e. The minimum atomic E-state index is -4.16. The van der Waals surface area contributed by atoms with E-state index in [0.717, 1.165) is 9.87 Å². The SMILES string of the molecule is CCOc1ccc(/C=N\NC(=O)CN(c2cc(Cl)ccc2OC)S(=O)(=O)c2ccc(C)cc2)cc1OCC. The highest BCUT2D eigenvalue weighted by Gasteiger charge is 2.29. The zero-order valence-electron chi connectivity index (χ0n) is 21.6. The van der Waals surface area contributed by atoms with Crippen molar-refractivity contribution in [2.75, 3.05) is 31.2 Å². The number of hydrazone groups is 1. The Labute approximate surface area is 228 Å². The molecule has 3 aromatic carbocycles. The third kappa shape index (κ3) is 7.17. The predicted octanol–water partition coefficient (Wildman–Crippen LogP) is 4.80. The van der Waals surface area contributed by atoms with Crippen molar-refractivity contribution in [3.63, 3.8) is 0 Å². The number of amides is 1. The molecule has 0 saturated heterocycles. The highest BCUT2D eigenvalue weighted by molar-refractivity contribution is 7.92. The van der Waals surface area contributed by atoms with Gasteiger partial charge in [-0.25, -0.2) is 13.8 Å². The Balaban J connectivity index is 1.87. The lowest BCUT2D eigenvalue weighted by Crippen LogP contribution is -2.39. The Kier molecular flexibility index (Phi) is 9.98. The van der Waals surface area contributed by atoms with E-state index < -0.39 is 22.5 Å². The molecule has 0 aliphatic carbocycles. The van der Waals surface area contributed by atoms with Gasteiger partial charge in [0.1, 0.15) is 12.3 Å². The highest BCUT2D eigenvalue weighted by atomic mass is 35.5. The molecular formula is C27H30ClN3O6S. The van der Waals surface area contributed by atoms with Crippen molar-refractivity contribution >= 4 is 39.4 Å². The number of hydrogen-bond acceptors (Lipinski definition) is 7. The summed E-state index contributed by atoms with van der Waals surface area (Å²) in [4.78, 5) is 12.9. The molecule has 38 heavy (non-hydrogen) atoms. The van der Waals surface area contributed by atoms with E-state index in [0.29, 0.717) is 30.3 Å². The van der Waals surface area contributed by atoms with Crippen LogP contribution in [0.25, 0.3) is 0 Å². The lowest BCUT2D eigenvalue weighted by molar-refractivity contribution is -0.119. The second-order valence-corrected chi connectivity index (χ2v) is 10.3. The molecule has 3 rings (SSSR count). The first-order chi connectivity index (χ1) is 18.2. The van der Waals surface area contributed by atoms with Gasteiger partial charge in [0.25, 0.3) is 15.9 Å². The van der Waals surface area contributed by atoms with Gasteiger partial charge in [-0.15, -0.1) is 0 Å². The third-order valence-corrected chi connectivity index (χ3v) is 7.29. The van der Waals surface area contributed by atoms with E-state index in [1.54, 1.807) is 36.4 Å². The van der Waals surface area contributed by atoms with Crippen LogP contribution in [0.4, 0.5) is 5.69 Å². The summed E-state index contributed by atoms with van der Waals surface area (Å²) in [5, 5.41) is 4.27. The van der Waals surface area contributed by atoms with Gasteiger partial charge in [-0.05, 0) is 74.9 Å². The van der Waals surface area contributed by atoms with Gasteiger partial charge in [0.2, 0.25) is 0 Å². The van der Waals surface area contributed by atoms with Crippen molar-refractivity contribution in [1.29, 1.82) is 0 Å². The van der Waals surface area contributed by atoms with Crippen LogP contribution in [0.2, 0.25) is 5.02 Å². The van der Waals surface area contributed by atoms with Crippen LogP contribution in [0, 0.1) is 6.92 Å².